The summed E-state index contributed by atoms with van der Waals surface area (Å²) in [4.78, 5) is 31.8. The molecule has 0 atom stereocenters. The minimum atomic E-state index is -1.08. The molecule has 168 valence electrons. The molecule has 2 amide bonds. The van der Waals surface area contributed by atoms with Crippen molar-refractivity contribution in [2.75, 3.05) is 26.2 Å². The Morgan fingerprint density at radius 1 is 0.750 bits per heavy atom. The van der Waals surface area contributed by atoms with Crippen LogP contribution in [0.3, 0.4) is 0 Å². The second-order valence-electron chi connectivity index (χ2n) is 8.53. The van der Waals surface area contributed by atoms with Gasteiger partial charge in [0.05, 0.1) is 19.5 Å². The van der Waals surface area contributed by atoms with Crippen LogP contribution in [-0.2, 0) is 0 Å². The smallest absolute Gasteiger partial charge is 0.264 e. The van der Waals surface area contributed by atoms with Gasteiger partial charge in [0.25, 0.3) is 11.8 Å². The first-order chi connectivity index (χ1) is 14.9. The quantitative estimate of drug-likeness (QED) is 0.662. The van der Waals surface area contributed by atoms with E-state index in [9.17, 15) is 19.8 Å². The van der Waals surface area contributed by atoms with E-state index >= 15 is 0 Å². The summed E-state index contributed by atoms with van der Waals surface area (Å²) >= 11 is 2.61. The van der Waals surface area contributed by atoms with Crippen molar-refractivity contribution < 1.29 is 19.8 Å². The van der Waals surface area contributed by atoms with Gasteiger partial charge in [0.1, 0.15) is 11.2 Å². The van der Waals surface area contributed by atoms with E-state index in [-0.39, 0.29) is 11.8 Å². The second-order valence-corrected chi connectivity index (χ2v) is 10.7. The molecule has 2 aromatic heterocycles. The maximum absolute atomic E-state index is 12.8. The van der Waals surface area contributed by atoms with Crippen molar-refractivity contribution in [1.82, 2.24) is 9.80 Å². The fourth-order valence-electron chi connectivity index (χ4n) is 2.89. The molecule has 1 aliphatic heterocycles. The summed E-state index contributed by atoms with van der Waals surface area (Å²) < 4.78 is 0. The summed E-state index contributed by atoms with van der Waals surface area (Å²) in [6.45, 7) is 8.30. The lowest BCUT2D eigenvalue weighted by Gasteiger charge is -2.34. The van der Waals surface area contributed by atoms with Crippen molar-refractivity contribution in [2.45, 2.75) is 38.9 Å². The van der Waals surface area contributed by atoms with Crippen LogP contribution in [0.4, 0.5) is 0 Å². The van der Waals surface area contributed by atoms with Crippen LogP contribution in [0.2, 0.25) is 0 Å². The normalized spacial score (nSPS) is 14.3. The highest BCUT2D eigenvalue weighted by Crippen LogP contribution is 2.21. The molecule has 3 rings (SSSR count). The van der Waals surface area contributed by atoms with E-state index in [1.807, 2.05) is 0 Å². The summed E-state index contributed by atoms with van der Waals surface area (Å²) in [5.41, 5.74) is -2.16. The lowest BCUT2D eigenvalue weighted by Crippen LogP contribution is -2.50. The molecule has 6 nitrogen and oxygen atoms in total. The van der Waals surface area contributed by atoms with Gasteiger partial charge in [-0.1, -0.05) is 23.7 Å². The Kier molecular flexibility index (Phi) is 7.12. The van der Waals surface area contributed by atoms with E-state index in [4.69, 9.17) is 0 Å². The summed E-state index contributed by atoms with van der Waals surface area (Å²) in [7, 11) is 0. The highest BCUT2D eigenvalue weighted by Gasteiger charge is 2.27. The van der Waals surface area contributed by atoms with Crippen LogP contribution in [0.5, 0.6) is 0 Å². The zero-order chi connectivity index (χ0) is 23.5. The zero-order valence-corrected chi connectivity index (χ0v) is 20.2. The second kappa shape index (κ2) is 9.48. The van der Waals surface area contributed by atoms with E-state index in [0.29, 0.717) is 35.9 Å². The topological polar surface area (TPSA) is 81.1 Å². The third-order valence-corrected chi connectivity index (χ3v) is 6.45. The Morgan fingerprint density at radius 2 is 1.09 bits per heavy atom. The van der Waals surface area contributed by atoms with Crippen LogP contribution < -0.4 is 0 Å². The number of nitrogens with zero attached hydrogens (tertiary/aromatic N) is 2. The van der Waals surface area contributed by atoms with Gasteiger partial charge >= 0.3 is 0 Å². The average Bonchev–Trinajstić information content (AvgIpc) is 3.38. The fourth-order valence-corrected chi connectivity index (χ4v) is 4.55. The molecule has 1 saturated heterocycles. The first-order valence-corrected chi connectivity index (χ1v) is 11.8. The monoisotopic (exact) mass is 470 g/mol. The molecule has 0 saturated carbocycles. The minimum absolute atomic E-state index is 0.0706. The Hall–Kier alpha value is -2.62. The third-order valence-electron chi connectivity index (χ3n) is 4.47. The van der Waals surface area contributed by atoms with Crippen LogP contribution in [-0.4, -0.2) is 69.2 Å². The standard InChI is InChI=1S/C24H26N2O4S2/c1-23(2,29)11-9-17-5-7-19(31-17)21(27)25-13-15-26(16-14-25)22(28)20-8-6-18(32-20)10-12-24(3,4)30/h5-8,29-30H,13-16H2,1-4H3. The number of rotatable bonds is 2. The Labute approximate surface area is 196 Å². The fraction of sp³-hybridized carbons (Fsp3) is 0.417. The first-order valence-electron chi connectivity index (χ1n) is 10.2. The molecule has 3 heterocycles. The lowest BCUT2D eigenvalue weighted by molar-refractivity contribution is 0.0541. The average molecular weight is 471 g/mol. The van der Waals surface area contributed by atoms with Crippen molar-refractivity contribution in [2.24, 2.45) is 0 Å². The number of piperazine rings is 1. The molecule has 1 aliphatic rings. The SMILES string of the molecule is CC(C)(O)C#Cc1ccc(C(=O)N2CCN(C(=O)c3ccc(C#CC(C)(C)O)s3)CC2)s1. The molecule has 0 radical (unpaired) electrons. The van der Waals surface area contributed by atoms with Gasteiger partial charge in [0.15, 0.2) is 0 Å². The summed E-state index contributed by atoms with van der Waals surface area (Å²) in [5.74, 6) is 11.1. The van der Waals surface area contributed by atoms with E-state index in [0.717, 1.165) is 9.75 Å². The molecule has 0 unspecified atom stereocenters. The van der Waals surface area contributed by atoms with Gasteiger partial charge in [-0.3, -0.25) is 9.59 Å². The number of aliphatic hydroxyl groups is 2. The van der Waals surface area contributed by atoms with Crippen molar-refractivity contribution in [3.63, 3.8) is 0 Å². The largest absolute Gasteiger partial charge is 0.378 e. The Bertz CT molecular complexity index is 1030. The van der Waals surface area contributed by atoms with Gasteiger partial charge in [-0.15, -0.1) is 22.7 Å². The van der Waals surface area contributed by atoms with Crippen molar-refractivity contribution >= 4 is 34.5 Å². The van der Waals surface area contributed by atoms with E-state index < -0.39 is 11.2 Å². The predicted octanol–water partition coefficient (Wildman–Crippen LogP) is 2.65. The van der Waals surface area contributed by atoms with Crippen LogP contribution in [0.1, 0.15) is 56.8 Å². The summed E-state index contributed by atoms with van der Waals surface area (Å²) in [6, 6.07) is 7.07. The first kappa shape index (κ1) is 24.0. The molecular formula is C24H26N2O4S2. The molecule has 2 aromatic rings. The number of carbonyl (C=O) groups excluding carboxylic acids is 2. The lowest BCUT2D eigenvalue weighted by atomic mass is 10.1. The highest BCUT2D eigenvalue weighted by molar-refractivity contribution is 7.14. The molecule has 0 aliphatic carbocycles. The van der Waals surface area contributed by atoms with Gasteiger partial charge in [-0.05, 0) is 52.0 Å². The third kappa shape index (κ3) is 6.69. The summed E-state index contributed by atoms with van der Waals surface area (Å²) in [6.07, 6.45) is 0. The number of carbonyl (C=O) groups is 2. The molecule has 2 N–H and O–H groups in total. The van der Waals surface area contributed by atoms with E-state index in [1.54, 1.807) is 61.8 Å². The van der Waals surface area contributed by atoms with Gasteiger partial charge in [0.2, 0.25) is 0 Å². The van der Waals surface area contributed by atoms with Crippen molar-refractivity contribution in [3.05, 3.63) is 43.8 Å². The Balaban J connectivity index is 1.58. The Morgan fingerprint density at radius 3 is 1.41 bits per heavy atom. The number of thiophene rings is 2. The van der Waals surface area contributed by atoms with Gasteiger partial charge < -0.3 is 20.0 Å². The highest BCUT2D eigenvalue weighted by atomic mass is 32.1. The van der Waals surface area contributed by atoms with Crippen molar-refractivity contribution in [1.29, 1.82) is 0 Å². The van der Waals surface area contributed by atoms with Gasteiger partial charge in [0, 0.05) is 26.2 Å². The molecular weight excluding hydrogens is 444 g/mol. The van der Waals surface area contributed by atoms with Crippen LogP contribution >= 0.6 is 22.7 Å². The molecule has 32 heavy (non-hydrogen) atoms. The molecule has 0 spiro atoms. The number of hydrogen-bond donors (Lipinski definition) is 2. The van der Waals surface area contributed by atoms with Crippen LogP contribution in [0, 0.1) is 23.7 Å². The summed E-state index contributed by atoms with van der Waals surface area (Å²) in [5, 5.41) is 19.4. The molecule has 0 bridgehead atoms. The molecule has 1 fully saturated rings. The maximum Gasteiger partial charge on any atom is 0.264 e. The van der Waals surface area contributed by atoms with Crippen molar-refractivity contribution in [3.8, 4) is 23.7 Å². The molecule has 0 aromatic carbocycles. The number of amides is 2. The number of hydrogen-bond acceptors (Lipinski definition) is 6. The van der Waals surface area contributed by atoms with Crippen LogP contribution in [0.15, 0.2) is 24.3 Å². The van der Waals surface area contributed by atoms with E-state index in [2.05, 4.69) is 23.7 Å². The van der Waals surface area contributed by atoms with E-state index in [1.165, 1.54) is 22.7 Å². The minimum Gasteiger partial charge on any atom is -0.378 e. The predicted molar refractivity (Wildman–Crippen MR) is 127 cm³/mol. The maximum atomic E-state index is 12.8. The van der Waals surface area contributed by atoms with Gasteiger partial charge in [-0.25, -0.2) is 0 Å². The molecule has 8 heteroatoms. The van der Waals surface area contributed by atoms with Gasteiger partial charge in [-0.2, -0.15) is 0 Å². The van der Waals surface area contributed by atoms with Crippen LogP contribution in [0.25, 0.3) is 0 Å². The zero-order valence-electron chi connectivity index (χ0n) is 18.6.